The number of aromatic nitrogens is 1. The zero-order valence-electron chi connectivity index (χ0n) is 12.1. The van der Waals surface area contributed by atoms with Crippen molar-refractivity contribution in [3.8, 4) is 0 Å². The summed E-state index contributed by atoms with van der Waals surface area (Å²) in [4.78, 5) is 4.48. The largest absolute Gasteiger partial charge is 0.398 e. The maximum absolute atomic E-state index is 6.01. The van der Waals surface area contributed by atoms with Gasteiger partial charge in [-0.2, -0.15) is 0 Å². The highest BCUT2D eigenvalue weighted by molar-refractivity contribution is 5.98. The first-order valence-electron chi connectivity index (χ1n) is 7.61. The number of nitrogens with one attached hydrogen (secondary N) is 1. The molecule has 2 unspecified atom stereocenters. The third-order valence-electron chi connectivity index (χ3n) is 4.43. The summed E-state index contributed by atoms with van der Waals surface area (Å²) in [6, 6.07) is 7.99. The molecule has 106 valence electrons. The topological polar surface area (TPSA) is 50.9 Å². The first-order chi connectivity index (χ1) is 9.74. The van der Waals surface area contributed by atoms with Gasteiger partial charge in [0.2, 0.25) is 0 Å². The monoisotopic (exact) mass is 269 g/mol. The van der Waals surface area contributed by atoms with E-state index in [0.29, 0.717) is 0 Å². The lowest BCUT2D eigenvalue weighted by Crippen LogP contribution is -2.21. The molecule has 1 aromatic heterocycles. The van der Waals surface area contributed by atoms with Crippen molar-refractivity contribution in [2.24, 2.45) is 11.8 Å². The van der Waals surface area contributed by atoms with Crippen LogP contribution in [0.5, 0.6) is 0 Å². The second-order valence-electron chi connectivity index (χ2n) is 6.12. The highest BCUT2D eigenvalue weighted by Crippen LogP contribution is 2.30. The van der Waals surface area contributed by atoms with E-state index in [0.717, 1.165) is 40.7 Å². The lowest BCUT2D eigenvalue weighted by Gasteiger charge is -2.27. The van der Waals surface area contributed by atoms with Gasteiger partial charge in [-0.1, -0.05) is 19.8 Å². The van der Waals surface area contributed by atoms with Crippen molar-refractivity contribution < 1.29 is 0 Å². The molecule has 1 aliphatic carbocycles. The summed E-state index contributed by atoms with van der Waals surface area (Å²) in [6.45, 7) is 3.41. The molecule has 3 nitrogen and oxygen atoms in total. The number of fused-ring (bicyclic) bond motifs is 1. The normalized spacial score (nSPS) is 22.9. The van der Waals surface area contributed by atoms with Gasteiger partial charge in [-0.3, -0.25) is 4.98 Å². The Hall–Kier alpha value is -1.77. The van der Waals surface area contributed by atoms with Gasteiger partial charge in [0, 0.05) is 23.8 Å². The standard InChI is InChI=1S/C17H23N3/c1-12-4-2-5-13(10-12)11-20-16-8-7-15(18)14-6-3-9-19-17(14)16/h3,6-9,12-13,20H,2,4-5,10-11,18H2,1H3. The molecule has 0 spiro atoms. The fourth-order valence-corrected chi connectivity index (χ4v) is 3.34. The smallest absolute Gasteiger partial charge is 0.0953 e. The zero-order valence-corrected chi connectivity index (χ0v) is 12.1. The molecule has 0 amide bonds. The van der Waals surface area contributed by atoms with Crippen molar-refractivity contribution in [2.75, 3.05) is 17.6 Å². The Morgan fingerprint density at radius 1 is 1.30 bits per heavy atom. The van der Waals surface area contributed by atoms with E-state index in [-0.39, 0.29) is 0 Å². The minimum atomic E-state index is 0.787. The number of hydrogen-bond donors (Lipinski definition) is 2. The number of nitrogen functional groups attached to an aromatic ring is 1. The Kier molecular flexibility index (Phi) is 3.77. The summed E-state index contributed by atoms with van der Waals surface area (Å²) >= 11 is 0. The molecular formula is C17H23N3. The van der Waals surface area contributed by atoms with E-state index in [4.69, 9.17) is 5.73 Å². The van der Waals surface area contributed by atoms with Crippen molar-refractivity contribution in [1.82, 2.24) is 4.98 Å². The molecule has 0 radical (unpaired) electrons. The molecule has 3 heteroatoms. The van der Waals surface area contributed by atoms with Crippen molar-refractivity contribution in [3.63, 3.8) is 0 Å². The molecule has 20 heavy (non-hydrogen) atoms. The van der Waals surface area contributed by atoms with Crippen LogP contribution >= 0.6 is 0 Å². The van der Waals surface area contributed by atoms with E-state index >= 15 is 0 Å². The van der Waals surface area contributed by atoms with Gasteiger partial charge in [-0.05, 0) is 48.9 Å². The van der Waals surface area contributed by atoms with Crippen LogP contribution < -0.4 is 11.1 Å². The SMILES string of the molecule is CC1CCCC(CNc2ccc(N)c3cccnc23)C1. The average molecular weight is 269 g/mol. The van der Waals surface area contributed by atoms with Crippen LogP contribution in [0.4, 0.5) is 11.4 Å². The van der Waals surface area contributed by atoms with E-state index in [1.165, 1.54) is 25.7 Å². The fraction of sp³-hybridized carbons (Fsp3) is 0.471. The molecule has 3 rings (SSSR count). The third-order valence-corrected chi connectivity index (χ3v) is 4.43. The van der Waals surface area contributed by atoms with Crippen LogP contribution in [0.25, 0.3) is 10.9 Å². The van der Waals surface area contributed by atoms with Crippen molar-refractivity contribution in [1.29, 1.82) is 0 Å². The number of nitrogens with zero attached hydrogens (tertiary/aromatic N) is 1. The Bertz CT molecular complexity index is 594. The molecule has 1 heterocycles. The van der Waals surface area contributed by atoms with Gasteiger partial charge in [0.05, 0.1) is 11.2 Å². The van der Waals surface area contributed by atoms with Crippen LogP contribution in [-0.4, -0.2) is 11.5 Å². The predicted molar refractivity (Wildman–Crippen MR) is 85.8 cm³/mol. The summed E-state index contributed by atoms with van der Waals surface area (Å²) in [5, 5.41) is 4.62. The molecule has 0 saturated heterocycles. The van der Waals surface area contributed by atoms with E-state index in [1.807, 2.05) is 24.4 Å². The summed E-state index contributed by atoms with van der Waals surface area (Å²) in [5.74, 6) is 1.66. The number of hydrogen-bond acceptors (Lipinski definition) is 3. The van der Waals surface area contributed by atoms with Gasteiger partial charge in [0.15, 0.2) is 0 Å². The minimum Gasteiger partial charge on any atom is -0.398 e. The first kappa shape index (κ1) is 13.2. The van der Waals surface area contributed by atoms with Gasteiger partial charge in [0.1, 0.15) is 0 Å². The summed E-state index contributed by atoms with van der Waals surface area (Å²) < 4.78 is 0. The van der Waals surface area contributed by atoms with E-state index < -0.39 is 0 Å². The fourth-order valence-electron chi connectivity index (χ4n) is 3.34. The zero-order chi connectivity index (χ0) is 13.9. The van der Waals surface area contributed by atoms with Crippen LogP contribution in [0.15, 0.2) is 30.5 Å². The van der Waals surface area contributed by atoms with Crippen LogP contribution in [0.2, 0.25) is 0 Å². The Balaban J connectivity index is 1.76. The van der Waals surface area contributed by atoms with Crippen molar-refractivity contribution in [3.05, 3.63) is 30.5 Å². The second kappa shape index (κ2) is 5.70. The lowest BCUT2D eigenvalue weighted by molar-refractivity contribution is 0.293. The summed E-state index contributed by atoms with van der Waals surface area (Å²) in [5.41, 5.74) is 8.90. The molecule has 1 saturated carbocycles. The summed E-state index contributed by atoms with van der Waals surface area (Å²) in [7, 11) is 0. The molecule has 1 aliphatic rings. The Morgan fingerprint density at radius 2 is 2.20 bits per heavy atom. The van der Waals surface area contributed by atoms with Gasteiger partial charge >= 0.3 is 0 Å². The van der Waals surface area contributed by atoms with Crippen LogP contribution in [-0.2, 0) is 0 Å². The maximum Gasteiger partial charge on any atom is 0.0953 e. The molecule has 2 atom stereocenters. The second-order valence-corrected chi connectivity index (χ2v) is 6.12. The molecular weight excluding hydrogens is 246 g/mol. The van der Waals surface area contributed by atoms with Crippen molar-refractivity contribution >= 4 is 22.3 Å². The number of benzene rings is 1. The molecule has 2 aromatic rings. The molecule has 0 aliphatic heterocycles. The van der Waals surface area contributed by atoms with Crippen molar-refractivity contribution in [2.45, 2.75) is 32.6 Å². The minimum absolute atomic E-state index is 0.787. The van der Waals surface area contributed by atoms with Gasteiger partial charge < -0.3 is 11.1 Å². The quantitative estimate of drug-likeness (QED) is 0.826. The average Bonchev–Trinajstić information content (AvgIpc) is 2.47. The number of rotatable bonds is 3. The number of nitrogens with two attached hydrogens (primary N) is 1. The van der Waals surface area contributed by atoms with Crippen LogP contribution in [0, 0.1) is 11.8 Å². The highest BCUT2D eigenvalue weighted by Gasteiger charge is 2.18. The molecule has 3 N–H and O–H groups in total. The number of pyridine rings is 1. The predicted octanol–water partition coefficient (Wildman–Crippen LogP) is 4.06. The summed E-state index contributed by atoms with van der Waals surface area (Å²) in [6.07, 6.45) is 7.28. The van der Waals surface area contributed by atoms with E-state index in [9.17, 15) is 0 Å². The van der Waals surface area contributed by atoms with Crippen LogP contribution in [0.1, 0.15) is 32.6 Å². The highest BCUT2D eigenvalue weighted by atomic mass is 14.9. The Labute approximate surface area is 120 Å². The van der Waals surface area contributed by atoms with E-state index in [1.54, 1.807) is 0 Å². The molecule has 0 bridgehead atoms. The lowest BCUT2D eigenvalue weighted by atomic mass is 9.82. The molecule has 1 aromatic carbocycles. The van der Waals surface area contributed by atoms with Crippen LogP contribution in [0.3, 0.4) is 0 Å². The van der Waals surface area contributed by atoms with Gasteiger partial charge in [-0.15, -0.1) is 0 Å². The maximum atomic E-state index is 6.01. The first-order valence-corrected chi connectivity index (χ1v) is 7.61. The molecule has 1 fully saturated rings. The Morgan fingerprint density at radius 3 is 3.05 bits per heavy atom. The van der Waals surface area contributed by atoms with E-state index in [2.05, 4.69) is 23.3 Å². The van der Waals surface area contributed by atoms with Gasteiger partial charge in [0.25, 0.3) is 0 Å². The number of anilines is 2. The third kappa shape index (κ3) is 2.72. The van der Waals surface area contributed by atoms with Gasteiger partial charge in [-0.25, -0.2) is 0 Å².